The largest absolute Gasteiger partial charge is 0.496 e. The van der Waals surface area contributed by atoms with E-state index in [2.05, 4.69) is 17.0 Å². The number of hydrogen-bond donors (Lipinski definition) is 0. The summed E-state index contributed by atoms with van der Waals surface area (Å²) in [5, 5.41) is 1.80. The normalized spacial score (nSPS) is 17.1. The third kappa shape index (κ3) is 3.64. The van der Waals surface area contributed by atoms with Gasteiger partial charge in [-0.2, -0.15) is 4.31 Å². The quantitative estimate of drug-likeness (QED) is 0.816. The minimum atomic E-state index is -3.32. The second-order valence-electron chi connectivity index (χ2n) is 5.92. The van der Waals surface area contributed by atoms with E-state index in [1.54, 1.807) is 28.9 Å². The van der Waals surface area contributed by atoms with Crippen LogP contribution in [0.3, 0.4) is 0 Å². The lowest BCUT2D eigenvalue weighted by molar-refractivity contribution is 0.181. The van der Waals surface area contributed by atoms with Crippen LogP contribution in [0.2, 0.25) is 0 Å². The van der Waals surface area contributed by atoms with Crippen LogP contribution in [-0.2, 0) is 16.6 Å². The zero-order chi connectivity index (χ0) is 17.2. The Morgan fingerprint density at radius 1 is 1.17 bits per heavy atom. The Morgan fingerprint density at radius 2 is 1.92 bits per heavy atom. The number of benzene rings is 1. The van der Waals surface area contributed by atoms with Gasteiger partial charge in [-0.3, -0.25) is 4.90 Å². The number of methoxy groups -OCH3 is 1. The fraction of sp³-hybridized carbons (Fsp3) is 0.412. The van der Waals surface area contributed by atoms with E-state index in [-0.39, 0.29) is 0 Å². The van der Waals surface area contributed by atoms with Gasteiger partial charge in [-0.25, -0.2) is 8.42 Å². The maximum absolute atomic E-state index is 12.5. The minimum Gasteiger partial charge on any atom is -0.496 e. The molecule has 2 aromatic rings. The van der Waals surface area contributed by atoms with Crippen LogP contribution in [0.15, 0.2) is 39.9 Å². The zero-order valence-corrected chi connectivity index (χ0v) is 15.6. The van der Waals surface area contributed by atoms with E-state index in [0.29, 0.717) is 17.3 Å². The van der Waals surface area contributed by atoms with Crippen molar-refractivity contribution in [1.29, 1.82) is 0 Å². The van der Waals surface area contributed by atoms with E-state index in [4.69, 9.17) is 4.74 Å². The van der Waals surface area contributed by atoms with Gasteiger partial charge in [0.05, 0.1) is 7.11 Å². The fourth-order valence-electron chi connectivity index (χ4n) is 2.96. The van der Waals surface area contributed by atoms with E-state index in [0.717, 1.165) is 30.9 Å². The van der Waals surface area contributed by atoms with E-state index < -0.39 is 10.0 Å². The van der Waals surface area contributed by atoms with E-state index in [1.165, 1.54) is 16.9 Å². The molecule has 1 aromatic carbocycles. The van der Waals surface area contributed by atoms with Crippen LogP contribution < -0.4 is 4.74 Å². The van der Waals surface area contributed by atoms with E-state index in [9.17, 15) is 8.42 Å². The number of piperazine rings is 1. The molecule has 7 heteroatoms. The summed E-state index contributed by atoms with van der Waals surface area (Å²) in [5.74, 6) is 0.894. The van der Waals surface area contributed by atoms with Crippen molar-refractivity contribution in [2.75, 3.05) is 33.3 Å². The Labute approximate surface area is 147 Å². The van der Waals surface area contributed by atoms with Crippen molar-refractivity contribution < 1.29 is 13.2 Å². The minimum absolute atomic E-state index is 0.432. The molecule has 0 bridgehead atoms. The monoisotopic (exact) mass is 366 g/mol. The molecule has 130 valence electrons. The molecule has 0 amide bonds. The number of ether oxygens (including phenoxy) is 1. The van der Waals surface area contributed by atoms with E-state index >= 15 is 0 Å². The molecule has 0 N–H and O–H groups in total. The maximum atomic E-state index is 12.5. The van der Waals surface area contributed by atoms with Crippen LogP contribution in [0.25, 0.3) is 0 Å². The Balaban J connectivity index is 1.60. The molecule has 3 rings (SSSR count). The Kier molecular flexibility index (Phi) is 5.24. The van der Waals surface area contributed by atoms with E-state index in [1.807, 2.05) is 13.0 Å². The van der Waals surface area contributed by atoms with Crippen LogP contribution in [0.5, 0.6) is 5.75 Å². The average molecular weight is 367 g/mol. The summed E-state index contributed by atoms with van der Waals surface area (Å²) in [6.45, 7) is 5.43. The molecule has 2 heterocycles. The van der Waals surface area contributed by atoms with Gasteiger partial charge < -0.3 is 4.74 Å². The lowest BCUT2D eigenvalue weighted by atomic mass is 10.1. The SMILES string of the molecule is COc1ccc(CN2CCN(S(=O)(=O)c3cccs3)CC2)cc1C. The number of hydrogen-bond acceptors (Lipinski definition) is 5. The third-order valence-electron chi connectivity index (χ3n) is 4.29. The number of sulfonamides is 1. The second-order valence-corrected chi connectivity index (χ2v) is 9.03. The van der Waals surface area contributed by atoms with Crippen molar-refractivity contribution in [3.8, 4) is 5.75 Å². The van der Waals surface area contributed by atoms with Gasteiger partial charge in [0, 0.05) is 32.7 Å². The zero-order valence-electron chi connectivity index (χ0n) is 13.9. The van der Waals surface area contributed by atoms with Crippen LogP contribution in [0.4, 0.5) is 0 Å². The van der Waals surface area contributed by atoms with Crippen molar-refractivity contribution in [1.82, 2.24) is 9.21 Å². The first-order valence-electron chi connectivity index (χ1n) is 7.90. The topological polar surface area (TPSA) is 49.9 Å². The van der Waals surface area contributed by atoms with Crippen molar-refractivity contribution in [3.05, 3.63) is 46.8 Å². The number of nitrogens with zero attached hydrogens (tertiary/aromatic N) is 2. The molecule has 1 aliphatic rings. The summed E-state index contributed by atoms with van der Waals surface area (Å²) in [5.41, 5.74) is 2.34. The van der Waals surface area contributed by atoms with Gasteiger partial charge in [-0.05, 0) is 35.6 Å². The number of rotatable bonds is 5. The summed E-state index contributed by atoms with van der Waals surface area (Å²) in [4.78, 5) is 2.29. The van der Waals surface area contributed by atoms with Gasteiger partial charge in [-0.1, -0.05) is 18.2 Å². The van der Waals surface area contributed by atoms with Gasteiger partial charge >= 0.3 is 0 Å². The second kappa shape index (κ2) is 7.23. The Morgan fingerprint density at radius 3 is 2.50 bits per heavy atom. The highest BCUT2D eigenvalue weighted by Crippen LogP contribution is 2.23. The molecule has 0 saturated carbocycles. The maximum Gasteiger partial charge on any atom is 0.252 e. The van der Waals surface area contributed by atoms with Gasteiger partial charge in [0.25, 0.3) is 10.0 Å². The lowest BCUT2D eigenvalue weighted by Gasteiger charge is -2.33. The summed E-state index contributed by atoms with van der Waals surface area (Å²) in [6.07, 6.45) is 0. The lowest BCUT2D eigenvalue weighted by Crippen LogP contribution is -2.48. The highest BCUT2D eigenvalue weighted by molar-refractivity contribution is 7.91. The van der Waals surface area contributed by atoms with Crippen LogP contribution >= 0.6 is 11.3 Å². The smallest absolute Gasteiger partial charge is 0.252 e. The Bertz CT molecular complexity index is 780. The Hall–Kier alpha value is -1.41. The predicted molar refractivity (Wildman–Crippen MR) is 96.1 cm³/mol. The molecule has 0 unspecified atom stereocenters. The molecule has 5 nitrogen and oxygen atoms in total. The summed E-state index contributed by atoms with van der Waals surface area (Å²) >= 11 is 1.28. The highest BCUT2D eigenvalue weighted by Gasteiger charge is 2.29. The van der Waals surface area contributed by atoms with Crippen molar-refractivity contribution in [2.24, 2.45) is 0 Å². The molecule has 1 aromatic heterocycles. The molecular weight excluding hydrogens is 344 g/mol. The third-order valence-corrected chi connectivity index (χ3v) is 7.56. The first-order chi connectivity index (χ1) is 11.5. The molecule has 1 fully saturated rings. The summed E-state index contributed by atoms with van der Waals surface area (Å²) < 4.78 is 32.4. The van der Waals surface area contributed by atoms with Crippen LogP contribution in [0.1, 0.15) is 11.1 Å². The molecular formula is C17H22N2O3S2. The van der Waals surface area contributed by atoms with Gasteiger partial charge in [0.15, 0.2) is 0 Å². The van der Waals surface area contributed by atoms with Crippen LogP contribution in [0, 0.1) is 6.92 Å². The molecule has 24 heavy (non-hydrogen) atoms. The molecule has 0 radical (unpaired) electrons. The standard InChI is InChI=1S/C17H22N2O3S2/c1-14-12-15(5-6-16(14)22-2)13-18-7-9-19(10-8-18)24(20,21)17-4-3-11-23-17/h3-6,11-12H,7-10,13H2,1-2H3. The fourth-order valence-corrected chi connectivity index (χ4v) is 5.53. The van der Waals surface area contributed by atoms with Gasteiger partial charge in [-0.15, -0.1) is 11.3 Å². The van der Waals surface area contributed by atoms with Crippen molar-refractivity contribution >= 4 is 21.4 Å². The molecule has 1 saturated heterocycles. The average Bonchev–Trinajstić information content (AvgIpc) is 3.11. The summed E-state index contributed by atoms with van der Waals surface area (Å²) in [6, 6.07) is 9.64. The van der Waals surface area contributed by atoms with Crippen molar-refractivity contribution in [3.63, 3.8) is 0 Å². The summed E-state index contributed by atoms with van der Waals surface area (Å²) in [7, 11) is -1.65. The molecule has 0 spiro atoms. The molecule has 0 aliphatic carbocycles. The van der Waals surface area contributed by atoms with Crippen LogP contribution in [-0.4, -0.2) is 50.9 Å². The van der Waals surface area contributed by atoms with Crippen molar-refractivity contribution in [2.45, 2.75) is 17.7 Å². The van der Waals surface area contributed by atoms with Gasteiger partial charge in [0.1, 0.15) is 9.96 Å². The van der Waals surface area contributed by atoms with Gasteiger partial charge in [0.2, 0.25) is 0 Å². The highest BCUT2D eigenvalue weighted by atomic mass is 32.2. The first-order valence-corrected chi connectivity index (χ1v) is 10.2. The number of aryl methyl sites for hydroxylation is 1. The predicted octanol–water partition coefficient (Wildman–Crippen LogP) is 2.57. The number of thiophene rings is 1. The molecule has 0 atom stereocenters. The first kappa shape index (κ1) is 17.4. The molecule has 1 aliphatic heterocycles.